The predicted molar refractivity (Wildman–Crippen MR) is 227 cm³/mol. The number of hydrogen-bond donors (Lipinski definition) is 0. The van der Waals surface area contributed by atoms with Crippen LogP contribution in [-0.4, -0.2) is 0 Å². The molecule has 0 aliphatic heterocycles. The molecule has 0 fully saturated rings. The number of anilines is 3. The highest BCUT2D eigenvalue weighted by atomic mass is 15.1. The fourth-order valence-corrected chi connectivity index (χ4v) is 8.15. The molecule has 0 unspecified atom stereocenters. The summed E-state index contributed by atoms with van der Waals surface area (Å²) in [5.41, 5.74) is 10.7. The van der Waals surface area contributed by atoms with E-state index >= 15 is 0 Å². The lowest BCUT2D eigenvalue weighted by atomic mass is 9.93. The third kappa shape index (κ3) is 5.42. The highest BCUT2D eigenvalue weighted by Gasteiger charge is 2.19. The van der Waals surface area contributed by atoms with Gasteiger partial charge in [-0.05, 0) is 107 Å². The summed E-state index contributed by atoms with van der Waals surface area (Å²) in [7, 11) is 0. The van der Waals surface area contributed by atoms with E-state index in [2.05, 4.69) is 217 Å². The van der Waals surface area contributed by atoms with E-state index in [1.807, 2.05) is 0 Å². The van der Waals surface area contributed by atoms with Crippen molar-refractivity contribution < 1.29 is 0 Å². The maximum atomic E-state index is 2.43. The van der Waals surface area contributed by atoms with E-state index in [0.717, 1.165) is 17.1 Å². The van der Waals surface area contributed by atoms with E-state index in [-0.39, 0.29) is 0 Å². The normalized spacial score (nSPS) is 11.4. The number of rotatable bonds is 6. The average molecular weight is 674 g/mol. The van der Waals surface area contributed by atoms with Crippen molar-refractivity contribution in [2.24, 2.45) is 0 Å². The Morgan fingerprint density at radius 2 is 0.792 bits per heavy atom. The van der Waals surface area contributed by atoms with Crippen molar-refractivity contribution in [3.8, 4) is 33.4 Å². The van der Waals surface area contributed by atoms with Crippen molar-refractivity contribution in [2.45, 2.75) is 0 Å². The summed E-state index contributed by atoms with van der Waals surface area (Å²) in [5.74, 6) is 0. The minimum atomic E-state index is 1.10. The van der Waals surface area contributed by atoms with Crippen LogP contribution in [0.25, 0.3) is 76.5 Å². The molecule has 248 valence electrons. The quantitative estimate of drug-likeness (QED) is 0.159. The lowest BCUT2D eigenvalue weighted by Gasteiger charge is -2.28. The number of benzene rings is 10. The minimum Gasteiger partial charge on any atom is -0.310 e. The first-order chi connectivity index (χ1) is 26.3. The smallest absolute Gasteiger partial charge is 0.0540 e. The van der Waals surface area contributed by atoms with Crippen LogP contribution in [-0.2, 0) is 0 Å². The third-order valence-electron chi connectivity index (χ3n) is 10.6. The van der Waals surface area contributed by atoms with Crippen LogP contribution in [0.15, 0.2) is 212 Å². The molecule has 53 heavy (non-hydrogen) atoms. The van der Waals surface area contributed by atoms with Crippen molar-refractivity contribution in [1.82, 2.24) is 0 Å². The summed E-state index contributed by atoms with van der Waals surface area (Å²) in [6, 6.07) is 77.3. The van der Waals surface area contributed by atoms with Gasteiger partial charge in [-0.2, -0.15) is 0 Å². The molecule has 0 atom stereocenters. The first kappa shape index (κ1) is 30.8. The Bertz CT molecular complexity index is 2940. The first-order valence-corrected chi connectivity index (χ1v) is 18.3. The Morgan fingerprint density at radius 3 is 1.58 bits per heavy atom. The van der Waals surface area contributed by atoms with E-state index in [1.165, 1.54) is 76.5 Å². The van der Waals surface area contributed by atoms with Gasteiger partial charge in [0, 0.05) is 16.8 Å². The van der Waals surface area contributed by atoms with Gasteiger partial charge in [0.2, 0.25) is 0 Å². The van der Waals surface area contributed by atoms with Crippen LogP contribution in [0.2, 0.25) is 0 Å². The van der Waals surface area contributed by atoms with Crippen LogP contribution < -0.4 is 4.90 Å². The second-order valence-electron chi connectivity index (χ2n) is 13.7. The van der Waals surface area contributed by atoms with E-state index in [9.17, 15) is 0 Å². The van der Waals surface area contributed by atoms with Crippen LogP contribution >= 0.6 is 0 Å². The molecular formula is C52H35N. The fourth-order valence-electron chi connectivity index (χ4n) is 8.15. The summed E-state index contributed by atoms with van der Waals surface area (Å²) in [6.45, 7) is 0. The van der Waals surface area contributed by atoms with Gasteiger partial charge in [0.25, 0.3) is 0 Å². The van der Waals surface area contributed by atoms with Crippen LogP contribution in [0.3, 0.4) is 0 Å². The molecule has 0 aromatic heterocycles. The van der Waals surface area contributed by atoms with Gasteiger partial charge in [-0.25, -0.2) is 0 Å². The Labute approximate surface area is 309 Å². The van der Waals surface area contributed by atoms with E-state index in [0.29, 0.717) is 0 Å². The van der Waals surface area contributed by atoms with Crippen LogP contribution in [0.5, 0.6) is 0 Å². The second-order valence-corrected chi connectivity index (χ2v) is 13.7. The Hall–Kier alpha value is -6.96. The minimum absolute atomic E-state index is 1.10. The van der Waals surface area contributed by atoms with Gasteiger partial charge >= 0.3 is 0 Å². The van der Waals surface area contributed by atoms with Gasteiger partial charge in [0.05, 0.1) is 5.69 Å². The lowest BCUT2D eigenvalue weighted by molar-refractivity contribution is 1.30. The second kappa shape index (κ2) is 13.0. The van der Waals surface area contributed by atoms with E-state index in [1.54, 1.807) is 0 Å². The first-order valence-electron chi connectivity index (χ1n) is 18.3. The Kier molecular flexibility index (Phi) is 7.55. The van der Waals surface area contributed by atoms with Crippen LogP contribution in [0, 0.1) is 0 Å². The Balaban J connectivity index is 1.18. The molecule has 0 bridgehead atoms. The molecular weight excluding hydrogens is 639 g/mol. The topological polar surface area (TPSA) is 3.24 Å². The van der Waals surface area contributed by atoms with Crippen molar-refractivity contribution in [1.29, 1.82) is 0 Å². The molecule has 0 N–H and O–H groups in total. The molecule has 0 saturated heterocycles. The summed E-state index contributed by atoms with van der Waals surface area (Å²) < 4.78 is 0. The van der Waals surface area contributed by atoms with Crippen molar-refractivity contribution in [3.05, 3.63) is 212 Å². The maximum absolute atomic E-state index is 2.43. The molecule has 0 radical (unpaired) electrons. The summed E-state index contributed by atoms with van der Waals surface area (Å²) in [4.78, 5) is 2.43. The van der Waals surface area contributed by atoms with Crippen molar-refractivity contribution in [3.63, 3.8) is 0 Å². The van der Waals surface area contributed by atoms with E-state index < -0.39 is 0 Å². The highest BCUT2D eigenvalue weighted by Crippen LogP contribution is 2.44. The van der Waals surface area contributed by atoms with Gasteiger partial charge in [-0.1, -0.05) is 176 Å². The van der Waals surface area contributed by atoms with Gasteiger partial charge in [0.1, 0.15) is 0 Å². The standard InChI is InChI=1S/C52H35N/c1-2-14-36(15-3-1)46-32-33-52(50-26-11-10-24-48(46)50)53(41-30-28-38(29-31-41)44-27-13-18-37-16-4-6-21-43(37)44)42-20-12-19-39(34-42)51-35-40-17-5-7-22-45(40)47-23-8-9-25-49(47)51/h1-35H. The van der Waals surface area contributed by atoms with Crippen molar-refractivity contribution >= 4 is 60.2 Å². The average Bonchev–Trinajstić information content (AvgIpc) is 3.24. The van der Waals surface area contributed by atoms with Gasteiger partial charge in [0.15, 0.2) is 0 Å². The summed E-state index contributed by atoms with van der Waals surface area (Å²) in [6.07, 6.45) is 0. The van der Waals surface area contributed by atoms with Crippen LogP contribution in [0.4, 0.5) is 17.1 Å². The summed E-state index contributed by atoms with van der Waals surface area (Å²) >= 11 is 0. The Morgan fingerprint density at radius 1 is 0.245 bits per heavy atom. The summed E-state index contributed by atoms with van der Waals surface area (Å²) in [5, 5.41) is 9.99. The molecule has 10 aromatic rings. The number of nitrogens with zero attached hydrogens (tertiary/aromatic N) is 1. The third-order valence-corrected chi connectivity index (χ3v) is 10.6. The molecule has 1 heteroatoms. The lowest BCUT2D eigenvalue weighted by Crippen LogP contribution is -2.11. The predicted octanol–water partition coefficient (Wildman–Crippen LogP) is 14.8. The fraction of sp³-hybridized carbons (Fsp3) is 0. The van der Waals surface area contributed by atoms with Gasteiger partial charge in [-0.3, -0.25) is 0 Å². The molecule has 0 saturated carbocycles. The van der Waals surface area contributed by atoms with Crippen LogP contribution in [0.1, 0.15) is 0 Å². The largest absolute Gasteiger partial charge is 0.310 e. The molecule has 0 spiro atoms. The molecule has 10 rings (SSSR count). The number of hydrogen-bond acceptors (Lipinski definition) is 1. The molecule has 0 amide bonds. The number of fused-ring (bicyclic) bond motifs is 5. The molecule has 0 aliphatic rings. The molecule has 0 heterocycles. The van der Waals surface area contributed by atoms with Gasteiger partial charge in [-0.15, -0.1) is 0 Å². The monoisotopic (exact) mass is 673 g/mol. The molecule has 1 nitrogen and oxygen atoms in total. The maximum Gasteiger partial charge on any atom is 0.0540 e. The van der Waals surface area contributed by atoms with Gasteiger partial charge < -0.3 is 4.90 Å². The SMILES string of the molecule is c1ccc(-c2ccc(N(c3ccc(-c4cccc5ccccc45)cc3)c3cccc(-c4cc5ccccc5c5ccccc45)c3)c3ccccc23)cc1. The zero-order valence-corrected chi connectivity index (χ0v) is 29.2. The molecule has 0 aliphatic carbocycles. The van der Waals surface area contributed by atoms with Crippen molar-refractivity contribution in [2.75, 3.05) is 4.90 Å². The van der Waals surface area contributed by atoms with E-state index in [4.69, 9.17) is 0 Å². The zero-order chi connectivity index (χ0) is 35.1. The zero-order valence-electron chi connectivity index (χ0n) is 29.2. The highest BCUT2D eigenvalue weighted by molar-refractivity contribution is 6.14. The molecule has 10 aromatic carbocycles.